The Morgan fingerprint density at radius 1 is 1.20 bits per heavy atom. The highest BCUT2D eigenvalue weighted by atomic mass is 19.1. The van der Waals surface area contributed by atoms with Crippen molar-refractivity contribution in [1.29, 1.82) is 0 Å². The summed E-state index contributed by atoms with van der Waals surface area (Å²) in [5.74, 6) is 1.42. The maximum atomic E-state index is 13.5. The fourth-order valence-corrected chi connectivity index (χ4v) is 3.58. The smallest absolute Gasteiger partial charge is 0.123 e. The van der Waals surface area contributed by atoms with Crippen molar-refractivity contribution in [2.24, 2.45) is 11.8 Å². The highest BCUT2D eigenvalue weighted by Gasteiger charge is 2.28. The standard InChI is InChI=1S/C18H26FN/c1-13-6-7-17(19)11-15(13)10-16(12-20-18-8-9-18)14-4-2-3-5-14/h6-7,11,14,16,18,20H,2-5,8-10,12H2,1H3. The van der Waals surface area contributed by atoms with Gasteiger partial charge in [0, 0.05) is 6.04 Å². The fourth-order valence-electron chi connectivity index (χ4n) is 3.58. The zero-order valence-electron chi connectivity index (χ0n) is 12.5. The van der Waals surface area contributed by atoms with Crippen LogP contribution in [0.1, 0.15) is 49.7 Å². The summed E-state index contributed by atoms with van der Waals surface area (Å²) < 4.78 is 13.5. The third-order valence-electron chi connectivity index (χ3n) is 5.11. The van der Waals surface area contributed by atoms with Gasteiger partial charge in [-0.25, -0.2) is 4.39 Å². The third kappa shape index (κ3) is 3.60. The molecule has 1 N–H and O–H groups in total. The van der Waals surface area contributed by atoms with Crippen LogP contribution in [0, 0.1) is 24.6 Å². The first-order chi connectivity index (χ1) is 9.72. The highest BCUT2D eigenvalue weighted by Crippen LogP contribution is 2.34. The molecule has 1 nitrogen and oxygen atoms in total. The van der Waals surface area contributed by atoms with Crippen LogP contribution in [0.15, 0.2) is 18.2 Å². The van der Waals surface area contributed by atoms with Gasteiger partial charge < -0.3 is 5.32 Å². The van der Waals surface area contributed by atoms with E-state index in [1.165, 1.54) is 49.7 Å². The van der Waals surface area contributed by atoms with Crippen molar-refractivity contribution < 1.29 is 4.39 Å². The number of halogens is 1. The quantitative estimate of drug-likeness (QED) is 0.819. The van der Waals surface area contributed by atoms with Crippen molar-refractivity contribution in [2.75, 3.05) is 6.54 Å². The van der Waals surface area contributed by atoms with Crippen molar-refractivity contribution >= 4 is 0 Å². The number of aryl methyl sites for hydroxylation is 1. The van der Waals surface area contributed by atoms with E-state index in [4.69, 9.17) is 0 Å². The number of rotatable bonds is 6. The molecule has 2 aliphatic rings. The predicted octanol–water partition coefficient (Wildman–Crippen LogP) is 4.24. The Labute approximate surface area is 122 Å². The van der Waals surface area contributed by atoms with Gasteiger partial charge in [0.1, 0.15) is 5.82 Å². The van der Waals surface area contributed by atoms with Gasteiger partial charge in [0.25, 0.3) is 0 Å². The molecule has 110 valence electrons. The lowest BCUT2D eigenvalue weighted by Gasteiger charge is -2.25. The van der Waals surface area contributed by atoms with Crippen LogP contribution in [-0.4, -0.2) is 12.6 Å². The fraction of sp³-hybridized carbons (Fsp3) is 0.667. The second-order valence-electron chi connectivity index (χ2n) is 6.76. The minimum atomic E-state index is -0.0917. The molecule has 0 heterocycles. The molecule has 1 aromatic carbocycles. The zero-order chi connectivity index (χ0) is 13.9. The van der Waals surface area contributed by atoms with Gasteiger partial charge in [-0.1, -0.05) is 31.7 Å². The maximum absolute atomic E-state index is 13.5. The average molecular weight is 275 g/mol. The minimum Gasteiger partial charge on any atom is -0.314 e. The summed E-state index contributed by atoms with van der Waals surface area (Å²) in [7, 11) is 0. The van der Waals surface area contributed by atoms with E-state index in [9.17, 15) is 4.39 Å². The molecule has 0 aliphatic heterocycles. The summed E-state index contributed by atoms with van der Waals surface area (Å²) >= 11 is 0. The lowest BCUT2D eigenvalue weighted by atomic mass is 9.84. The molecule has 0 bridgehead atoms. The Morgan fingerprint density at radius 2 is 1.95 bits per heavy atom. The summed E-state index contributed by atoms with van der Waals surface area (Å²) in [5, 5.41) is 3.69. The molecule has 0 saturated heterocycles. The summed E-state index contributed by atoms with van der Waals surface area (Å²) in [4.78, 5) is 0. The molecule has 0 aromatic heterocycles. The van der Waals surface area contributed by atoms with Gasteiger partial charge in [0.05, 0.1) is 0 Å². The molecule has 20 heavy (non-hydrogen) atoms. The van der Waals surface area contributed by atoms with E-state index in [-0.39, 0.29) is 5.82 Å². The van der Waals surface area contributed by atoms with Crippen LogP contribution in [0.5, 0.6) is 0 Å². The van der Waals surface area contributed by atoms with Crippen LogP contribution in [0.2, 0.25) is 0 Å². The number of hydrogen-bond acceptors (Lipinski definition) is 1. The molecular weight excluding hydrogens is 249 g/mol. The van der Waals surface area contributed by atoms with Gasteiger partial charge in [0.2, 0.25) is 0 Å². The number of nitrogens with one attached hydrogen (secondary N) is 1. The Hall–Kier alpha value is -0.890. The van der Waals surface area contributed by atoms with Gasteiger partial charge in [-0.3, -0.25) is 0 Å². The zero-order valence-corrected chi connectivity index (χ0v) is 12.5. The van der Waals surface area contributed by atoms with E-state index in [1.54, 1.807) is 12.1 Å². The van der Waals surface area contributed by atoms with Crippen LogP contribution < -0.4 is 5.32 Å². The van der Waals surface area contributed by atoms with Crippen LogP contribution in [0.25, 0.3) is 0 Å². The van der Waals surface area contributed by atoms with E-state index in [0.717, 1.165) is 24.9 Å². The summed E-state index contributed by atoms with van der Waals surface area (Å²) in [6.07, 6.45) is 9.22. The van der Waals surface area contributed by atoms with Gasteiger partial charge in [-0.2, -0.15) is 0 Å². The SMILES string of the molecule is Cc1ccc(F)cc1CC(CNC1CC1)C1CCCC1. The Morgan fingerprint density at radius 3 is 2.65 bits per heavy atom. The molecule has 0 radical (unpaired) electrons. The third-order valence-corrected chi connectivity index (χ3v) is 5.11. The molecule has 1 atom stereocenters. The second-order valence-corrected chi connectivity index (χ2v) is 6.76. The van der Waals surface area contributed by atoms with Crippen LogP contribution in [0.3, 0.4) is 0 Å². The second kappa shape index (κ2) is 6.26. The van der Waals surface area contributed by atoms with Gasteiger partial charge >= 0.3 is 0 Å². The average Bonchev–Trinajstić information content (AvgIpc) is 3.10. The van der Waals surface area contributed by atoms with Gasteiger partial charge in [-0.15, -0.1) is 0 Å². The van der Waals surface area contributed by atoms with E-state index in [1.807, 2.05) is 6.07 Å². The van der Waals surface area contributed by atoms with Crippen molar-refractivity contribution in [2.45, 2.75) is 57.9 Å². The summed E-state index contributed by atoms with van der Waals surface area (Å²) in [6.45, 7) is 3.22. The van der Waals surface area contributed by atoms with E-state index >= 15 is 0 Å². The molecular formula is C18H26FN. The summed E-state index contributed by atoms with van der Waals surface area (Å²) in [5.41, 5.74) is 2.44. The Kier molecular flexibility index (Phi) is 4.40. The molecule has 2 heteroatoms. The van der Waals surface area contributed by atoms with Crippen molar-refractivity contribution in [3.8, 4) is 0 Å². The van der Waals surface area contributed by atoms with Crippen LogP contribution in [0.4, 0.5) is 4.39 Å². The molecule has 3 rings (SSSR count). The van der Waals surface area contributed by atoms with E-state index < -0.39 is 0 Å². The first-order valence-corrected chi connectivity index (χ1v) is 8.21. The largest absolute Gasteiger partial charge is 0.314 e. The topological polar surface area (TPSA) is 12.0 Å². The monoisotopic (exact) mass is 275 g/mol. The normalized spacial score (nSPS) is 21.3. The van der Waals surface area contributed by atoms with E-state index in [0.29, 0.717) is 5.92 Å². The molecule has 0 amide bonds. The first kappa shape index (κ1) is 14.1. The van der Waals surface area contributed by atoms with Crippen LogP contribution in [-0.2, 0) is 6.42 Å². The predicted molar refractivity (Wildman–Crippen MR) is 81.3 cm³/mol. The maximum Gasteiger partial charge on any atom is 0.123 e. The van der Waals surface area contributed by atoms with Gasteiger partial charge in [-0.05, 0) is 67.8 Å². The molecule has 2 aliphatic carbocycles. The molecule has 2 fully saturated rings. The lowest BCUT2D eigenvalue weighted by molar-refractivity contribution is 0.319. The van der Waals surface area contributed by atoms with Crippen molar-refractivity contribution in [3.05, 3.63) is 35.1 Å². The lowest BCUT2D eigenvalue weighted by Crippen LogP contribution is -2.30. The highest BCUT2D eigenvalue weighted by molar-refractivity contribution is 5.27. The van der Waals surface area contributed by atoms with Crippen LogP contribution >= 0.6 is 0 Å². The van der Waals surface area contributed by atoms with Crippen molar-refractivity contribution in [1.82, 2.24) is 5.32 Å². The molecule has 2 saturated carbocycles. The van der Waals surface area contributed by atoms with E-state index in [2.05, 4.69) is 12.2 Å². The molecule has 1 aromatic rings. The Balaban J connectivity index is 1.68. The first-order valence-electron chi connectivity index (χ1n) is 8.21. The number of hydrogen-bond donors (Lipinski definition) is 1. The van der Waals surface area contributed by atoms with Crippen molar-refractivity contribution in [3.63, 3.8) is 0 Å². The molecule has 0 spiro atoms. The van der Waals surface area contributed by atoms with Gasteiger partial charge in [0.15, 0.2) is 0 Å². The minimum absolute atomic E-state index is 0.0917. The molecule has 1 unspecified atom stereocenters. The summed E-state index contributed by atoms with van der Waals surface area (Å²) in [6, 6.07) is 6.01. The number of benzene rings is 1. The Bertz CT molecular complexity index is 447.